The summed E-state index contributed by atoms with van der Waals surface area (Å²) in [5, 5.41) is 0. The van der Waals surface area contributed by atoms with Crippen LogP contribution >= 0.6 is 0 Å². The van der Waals surface area contributed by atoms with E-state index in [4.69, 9.17) is 9.47 Å². The maximum absolute atomic E-state index is 13.7. The average Bonchev–Trinajstić information content (AvgIpc) is 3.48. The van der Waals surface area contributed by atoms with Crippen molar-refractivity contribution < 1.29 is 14.3 Å². The molecule has 2 aromatic rings. The molecule has 2 aliphatic carbocycles. The van der Waals surface area contributed by atoms with Crippen molar-refractivity contribution in [3.8, 4) is 11.5 Å². The lowest BCUT2D eigenvalue weighted by atomic mass is 9.77. The van der Waals surface area contributed by atoms with Gasteiger partial charge in [-0.05, 0) is 60.4 Å². The first kappa shape index (κ1) is 18.8. The van der Waals surface area contributed by atoms with Crippen molar-refractivity contribution in [2.45, 2.75) is 45.4 Å². The van der Waals surface area contributed by atoms with Crippen LogP contribution in [0.4, 0.5) is 0 Å². The lowest BCUT2D eigenvalue weighted by Crippen LogP contribution is -2.23. The second-order valence-corrected chi connectivity index (χ2v) is 8.81. The summed E-state index contributed by atoms with van der Waals surface area (Å²) in [5.41, 5.74) is 4.75. The van der Waals surface area contributed by atoms with Crippen LogP contribution in [0.25, 0.3) is 6.08 Å². The molecule has 0 heterocycles. The number of aryl methyl sites for hydroxylation is 1. The molecule has 0 aliphatic heterocycles. The van der Waals surface area contributed by atoms with Gasteiger partial charge in [0.1, 0.15) is 11.5 Å². The van der Waals surface area contributed by atoms with E-state index >= 15 is 0 Å². The quantitative estimate of drug-likeness (QED) is 0.644. The summed E-state index contributed by atoms with van der Waals surface area (Å²) in [6.45, 7) is 6.47. The van der Waals surface area contributed by atoms with E-state index in [0.717, 1.165) is 41.7 Å². The van der Waals surface area contributed by atoms with Crippen molar-refractivity contribution >= 4 is 11.9 Å². The van der Waals surface area contributed by atoms with Crippen LogP contribution in [0.3, 0.4) is 0 Å². The van der Waals surface area contributed by atoms with Gasteiger partial charge in [-0.15, -0.1) is 0 Å². The van der Waals surface area contributed by atoms with E-state index < -0.39 is 5.41 Å². The Kier molecular flexibility index (Phi) is 4.37. The van der Waals surface area contributed by atoms with E-state index in [1.807, 2.05) is 25.1 Å². The summed E-state index contributed by atoms with van der Waals surface area (Å²) < 4.78 is 11.2. The minimum Gasteiger partial charge on any atom is -0.496 e. The number of methoxy groups -OCH3 is 2. The molecule has 4 rings (SSSR count). The first-order valence-electron chi connectivity index (χ1n) is 9.90. The number of benzene rings is 2. The van der Waals surface area contributed by atoms with Crippen molar-refractivity contribution in [1.82, 2.24) is 0 Å². The summed E-state index contributed by atoms with van der Waals surface area (Å²) in [6, 6.07) is 10.2. The summed E-state index contributed by atoms with van der Waals surface area (Å²) in [4.78, 5) is 13.7. The molecule has 2 aliphatic rings. The Hall–Kier alpha value is -2.55. The predicted octanol–water partition coefficient (Wildman–Crippen LogP) is 5.52. The van der Waals surface area contributed by atoms with Gasteiger partial charge in [0.05, 0.1) is 25.2 Å². The Bertz CT molecular complexity index is 978. The van der Waals surface area contributed by atoms with Gasteiger partial charge in [0, 0.05) is 5.56 Å². The Morgan fingerprint density at radius 2 is 1.79 bits per heavy atom. The van der Waals surface area contributed by atoms with Crippen LogP contribution in [-0.2, 0) is 11.8 Å². The van der Waals surface area contributed by atoms with Gasteiger partial charge in [-0.2, -0.15) is 0 Å². The Morgan fingerprint density at radius 1 is 1.04 bits per heavy atom. The van der Waals surface area contributed by atoms with Gasteiger partial charge in [0.15, 0.2) is 5.78 Å². The summed E-state index contributed by atoms with van der Waals surface area (Å²) in [6.07, 6.45) is 7.00. The normalized spacial score (nSPS) is 18.3. The second kappa shape index (κ2) is 6.51. The van der Waals surface area contributed by atoms with Gasteiger partial charge in [-0.1, -0.05) is 44.2 Å². The fraction of sp³-hybridized carbons (Fsp3) is 0.400. The van der Waals surface area contributed by atoms with Crippen LogP contribution in [-0.4, -0.2) is 20.0 Å². The van der Waals surface area contributed by atoms with Gasteiger partial charge in [-0.25, -0.2) is 0 Å². The summed E-state index contributed by atoms with van der Waals surface area (Å²) in [7, 11) is 3.34. The lowest BCUT2D eigenvalue weighted by Gasteiger charge is -2.28. The molecule has 146 valence electrons. The van der Waals surface area contributed by atoms with Crippen LogP contribution in [0, 0.1) is 12.3 Å². The minimum atomic E-state index is -0.458. The zero-order valence-corrected chi connectivity index (χ0v) is 17.4. The van der Waals surface area contributed by atoms with Gasteiger partial charge in [0.2, 0.25) is 0 Å². The second-order valence-electron chi connectivity index (χ2n) is 8.81. The van der Waals surface area contributed by atoms with Crippen molar-refractivity contribution in [2.24, 2.45) is 5.41 Å². The van der Waals surface area contributed by atoms with Crippen LogP contribution in [0.5, 0.6) is 11.5 Å². The van der Waals surface area contributed by atoms with Crippen LogP contribution in [0.1, 0.15) is 59.3 Å². The molecule has 3 nitrogen and oxygen atoms in total. The molecule has 1 saturated carbocycles. The minimum absolute atomic E-state index is 0.125. The van der Waals surface area contributed by atoms with E-state index in [-0.39, 0.29) is 11.2 Å². The van der Waals surface area contributed by atoms with Crippen LogP contribution in [0.15, 0.2) is 36.4 Å². The van der Waals surface area contributed by atoms with Gasteiger partial charge in [-0.3, -0.25) is 4.79 Å². The van der Waals surface area contributed by atoms with Crippen LogP contribution in [0.2, 0.25) is 0 Å². The van der Waals surface area contributed by atoms with E-state index in [0.29, 0.717) is 11.3 Å². The molecule has 0 bridgehead atoms. The molecule has 0 N–H and O–H groups in total. The molecule has 0 unspecified atom stereocenters. The number of Topliss-reactive ketones (excluding diaryl/α,β-unsaturated/α-hetero) is 1. The molecule has 2 aromatic carbocycles. The predicted molar refractivity (Wildman–Crippen MR) is 112 cm³/mol. The van der Waals surface area contributed by atoms with E-state index in [9.17, 15) is 4.79 Å². The molecule has 0 saturated heterocycles. The lowest BCUT2D eigenvalue weighted by molar-refractivity contribution is 0.0943. The molecule has 1 fully saturated rings. The summed E-state index contributed by atoms with van der Waals surface area (Å²) in [5.74, 6) is 1.69. The van der Waals surface area contributed by atoms with E-state index in [1.54, 1.807) is 14.2 Å². The number of rotatable bonds is 5. The Labute approximate surface area is 167 Å². The van der Waals surface area contributed by atoms with Gasteiger partial charge >= 0.3 is 0 Å². The number of fused-ring (bicyclic) bond motifs is 1. The molecular weight excluding hydrogens is 348 g/mol. The largest absolute Gasteiger partial charge is 0.496 e. The number of ether oxygens (including phenoxy) is 2. The number of carbonyl (C=O) groups is 1. The first-order chi connectivity index (χ1) is 13.3. The standard InChI is InChI=1S/C25H28O3/c1-16-6-8-18(14-21(16)27-4)25(12-13-25)23(26)20-9-7-17-15-24(2,3)11-10-19(17)22(20)28-5/h6-11,14H,12-13,15H2,1-5H3. The van der Waals surface area contributed by atoms with E-state index in [2.05, 4.69) is 38.1 Å². The molecule has 0 radical (unpaired) electrons. The molecule has 0 aromatic heterocycles. The highest BCUT2D eigenvalue weighted by Gasteiger charge is 2.52. The third-order valence-corrected chi connectivity index (χ3v) is 6.23. The van der Waals surface area contributed by atoms with Crippen molar-refractivity contribution in [2.75, 3.05) is 14.2 Å². The van der Waals surface area contributed by atoms with Gasteiger partial charge < -0.3 is 9.47 Å². The highest BCUT2D eigenvalue weighted by molar-refractivity contribution is 6.09. The van der Waals surface area contributed by atoms with Crippen molar-refractivity contribution in [1.29, 1.82) is 0 Å². The van der Waals surface area contributed by atoms with Crippen LogP contribution < -0.4 is 9.47 Å². The first-order valence-corrected chi connectivity index (χ1v) is 9.90. The number of ketones is 1. The third-order valence-electron chi connectivity index (χ3n) is 6.23. The summed E-state index contributed by atoms with van der Waals surface area (Å²) >= 11 is 0. The zero-order valence-electron chi connectivity index (χ0n) is 17.4. The molecule has 0 spiro atoms. The molecule has 0 atom stereocenters. The number of carbonyl (C=O) groups excluding carboxylic acids is 1. The monoisotopic (exact) mass is 376 g/mol. The topological polar surface area (TPSA) is 35.5 Å². The number of allylic oxidation sites excluding steroid dienone is 1. The molecule has 28 heavy (non-hydrogen) atoms. The smallest absolute Gasteiger partial charge is 0.177 e. The van der Waals surface area contributed by atoms with E-state index in [1.165, 1.54) is 5.56 Å². The third kappa shape index (κ3) is 2.94. The molecule has 3 heteroatoms. The maximum Gasteiger partial charge on any atom is 0.177 e. The Balaban J connectivity index is 1.77. The Morgan fingerprint density at radius 3 is 2.43 bits per heavy atom. The molecule has 0 amide bonds. The maximum atomic E-state index is 13.7. The SMILES string of the molecule is COc1cc(C2(C(=O)c3ccc4c(c3OC)C=CC(C)(C)C4)CC2)ccc1C. The number of hydrogen-bond acceptors (Lipinski definition) is 3. The fourth-order valence-corrected chi connectivity index (χ4v) is 4.38. The molecular formula is C25H28O3. The van der Waals surface area contributed by atoms with Gasteiger partial charge in [0.25, 0.3) is 0 Å². The number of hydrogen-bond donors (Lipinski definition) is 0. The van der Waals surface area contributed by atoms with Crippen molar-refractivity contribution in [3.05, 3.63) is 64.2 Å². The van der Waals surface area contributed by atoms with Crippen molar-refractivity contribution in [3.63, 3.8) is 0 Å². The highest BCUT2D eigenvalue weighted by Crippen LogP contribution is 2.53. The zero-order chi connectivity index (χ0) is 20.1. The average molecular weight is 376 g/mol. The fourth-order valence-electron chi connectivity index (χ4n) is 4.38. The highest BCUT2D eigenvalue weighted by atomic mass is 16.5.